The molecule has 126 valence electrons. The number of carbonyl (C=O) groups excluding carboxylic acids is 2. The van der Waals surface area contributed by atoms with Crippen molar-refractivity contribution in [1.29, 1.82) is 0 Å². The molecule has 0 heterocycles. The highest BCUT2D eigenvalue weighted by Crippen LogP contribution is 2.25. The van der Waals surface area contributed by atoms with Gasteiger partial charge in [0.25, 0.3) is 5.91 Å². The predicted molar refractivity (Wildman–Crippen MR) is 97.6 cm³/mol. The number of benzene rings is 2. The van der Waals surface area contributed by atoms with Gasteiger partial charge in [-0.3, -0.25) is 4.79 Å². The van der Waals surface area contributed by atoms with Gasteiger partial charge in [0.15, 0.2) is 6.61 Å². The molecule has 0 unspecified atom stereocenters. The fourth-order valence-corrected chi connectivity index (χ4v) is 2.52. The molecule has 0 aliphatic heterocycles. The van der Waals surface area contributed by atoms with Crippen LogP contribution in [0.3, 0.4) is 0 Å². The Morgan fingerprint density at radius 2 is 1.67 bits per heavy atom. The van der Waals surface area contributed by atoms with Crippen molar-refractivity contribution in [2.24, 2.45) is 0 Å². The number of rotatable bonds is 6. The highest BCUT2D eigenvalue weighted by Gasteiger charge is 2.13. The molecule has 6 nitrogen and oxygen atoms in total. The van der Waals surface area contributed by atoms with Gasteiger partial charge in [0.1, 0.15) is 11.5 Å². The summed E-state index contributed by atoms with van der Waals surface area (Å²) in [5.41, 5.74) is 0.912. The molecule has 0 saturated carbocycles. The quantitative estimate of drug-likeness (QED) is 0.551. The van der Waals surface area contributed by atoms with Crippen molar-refractivity contribution in [2.45, 2.75) is 0 Å². The number of hydrogen-bond acceptors (Lipinski definition) is 5. The molecule has 1 N–H and O–H groups in total. The number of hydrogen-bond donors (Lipinski definition) is 1. The van der Waals surface area contributed by atoms with E-state index in [4.69, 9.17) is 14.2 Å². The summed E-state index contributed by atoms with van der Waals surface area (Å²) in [6.45, 7) is -0.386. The minimum atomic E-state index is -0.543. The van der Waals surface area contributed by atoms with E-state index in [-0.39, 0.29) is 6.61 Å². The monoisotopic (exact) mass is 441 g/mol. The molecule has 2 aromatic rings. The first-order valence-electron chi connectivity index (χ1n) is 6.98. The lowest BCUT2D eigenvalue weighted by Crippen LogP contribution is -2.21. The largest absolute Gasteiger partial charge is 0.497 e. The van der Waals surface area contributed by atoms with Crippen molar-refractivity contribution >= 4 is 40.2 Å². The first-order chi connectivity index (χ1) is 11.5. The molecule has 0 fully saturated rings. The van der Waals surface area contributed by atoms with E-state index >= 15 is 0 Å². The molecule has 7 heteroatoms. The van der Waals surface area contributed by atoms with Crippen LogP contribution in [0.15, 0.2) is 42.5 Å². The van der Waals surface area contributed by atoms with Crippen LogP contribution >= 0.6 is 22.6 Å². The molecule has 24 heavy (non-hydrogen) atoms. The Balaban J connectivity index is 1.96. The van der Waals surface area contributed by atoms with Gasteiger partial charge in [-0.2, -0.15) is 0 Å². The fourth-order valence-electron chi connectivity index (χ4n) is 1.91. The van der Waals surface area contributed by atoms with Gasteiger partial charge in [-0.15, -0.1) is 0 Å². The van der Waals surface area contributed by atoms with Crippen molar-refractivity contribution in [2.75, 3.05) is 26.1 Å². The SMILES string of the molecule is COc1cc(NC(=O)COC(=O)c2ccccc2I)cc(OC)c1. The summed E-state index contributed by atoms with van der Waals surface area (Å²) in [6.07, 6.45) is 0. The second-order valence-electron chi connectivity index (χ2n) is 4.71. The maximum absolute atomic E-state index is 12.0. The molecule has 0 spiro atoms. The molecule has 0 saturated heterocycles. The van der Waals surface area contributed by atoms with Gasteiger partial charge < -0.3 is 19.5 Å². The third kappa shape index (κ3) is 4.85. The van der Waals surface area contributed by atoms with Crippen molar-refractivity contribution in [3.8, 4) is 11.5 Å². The van der Waals surface area contributed by atoms with Crippen LogP contribution < -0.4 is 14.8 Å². The second kappa shape index (κ2) is 8.53. The summed E-state index contributed by atoms with van der Waals surface area (Å²) < 4.78 is 16.1. The van der Waals surface area contributed by atoms with Crippen LogP contribution in [-0.2, 0) is 9.53 Å². The van der Waals surface area contributed by atoms with Gasteiger partial charge in [0.05, 0.1) is 19.8 Å². The van der Waals surface area contributed by atoms with Gasteiger partial charge in [0, 0.05) is 27.5 Å². The van der Waals surface area contributed by atoms with Crippen molar-refractivity contribution in [1.82, 2.24) is 0 Å². The number of ether oxygens (including phenoxy) is 3. The average molecular weight is 441 g/mol. The van der Waals surface area contributed by atoms with Crippen LogP contribution in [0.2, 0.25) is 0 Å². The van der Waals surface area contributed by atoms with Gasteiger partial charge in [-0.25, -0.2) is 4.79 Å². The van der Waals surface area contributed by atoms with Crippen LogP contribution in [0.4, 0.5) is 5.69 Å². The zero-order valence-corrected chi connectivity index (χ0v) is 15.3. The van der Waals surface area contributed by atoms with Crippen LogP contribution in [-0.4, -0.2) is 32.7 Å². The van der Waals surface area contributed by atoms with Crippen molar-refractivity contribution in [3.05, 3.63) is 51.6 Å². The summed E-state index contributed by atoms with van der Waals surface area (Å²) in [7, 11) is 3.03. The Hall–Kier alpha value is -2.29. The first kappa shape index (κ1) is 18.1. The maximum Gasteiger partial charge on any atom is 0.339 e. The third-order valence-electron chi connectivity index (χ3n) is 3.06. The van der Waals surface area contributed by atoms with Crippen molar-refractivity contribution < 1.29 is 23.8 Å². The number of esters is 1. The highest BCUT2D eigenvalue weighted by molar-refractivity contribution is 14.1. The van der Waals surface area contributed by atoms with Gasteiger partial charge in [-0.1, -0.05) is 12.1 Å². The van der Waals surface area contributed by atoms with E-state index < -0.39 is 11.9 Å². The Bertz CT molecular complexity index is 725. The van der Waals surface area contributed by atoms with Crippen LogP contribution in [0.5, 0.6) is 11.5 Å². The number of amides is 1. The lowest BCUT2D eigenvalue weighted by atomic mass is 10.2. The summed E-state index contributed by atoms with van der Waals surface area (Å²) in [4.78, 5) is 23.9. The number of nitrogens with one attached hydrogen (secondary N) is 1. The second-order valence-corrected chi connectivity index (χ2v) is 5.87. The standard InChI is InChI=1S/C17H16INO5/c1-22-12-7-11(8-13(9-12)23-2)19-16(20)10-24-17(21)14-5-3-4-6-15(14)18/h3-9H,10H2,1-2H3,(H,19,20). The molecule has 0 radical (unpaired) electrons. The molecule has 0 aromatic heterocycles. The molecule has 0 aliphatic rings. The Morgan fingerprint density at radius 1 is 1.04 bits per heavy atom. The summed E-state index contributed by atoms with van der Waals surface area (Å²) in [5, 5.41) is 2.63. The van der Waals surface area contributed by atoms with Gasteiger partial charge >= 0.3 is 5.97 Å². The molecule has 0 atom stereocenters. The molecular weight excluding hydrogens is 425 g/mol. The summed E-state index contributed by atoms with van der Waals surface area (Å²) >= 11 is 2.04. The highest BCUT2D eigenvalue weighted by atomic mass is 127. The number of halogens is 1. The summed E-state index contributed by atoms with van der Waals surface area (Å²) in [6, 6.07) is 12.0. The average Bonchev–Trinajstić information content (AvgIpc) is 2.59. The molecule has 0 bridgehead atoms. The molecule has 2 rings (SSSR count). The molecular formula is C17H16INO5. The Kier molecular flexibility index (Phi) is 6.42. The molecule has 2 aromatic carbocycles. The van der Waals surface area contributed by atoms with E-state index in [0.29, 0.717) is 22.7 Å². The first-order valence-corrected chi connectivity index (χ1v) is 8.06. The topological polar surface area (TPSA) is 73.9 Å². The van der Waals surface area contributed by atoms with Gasteiger partial charge in [0.2, 0.25) is 0 Å². The number of methoxy groups -OCH3 is 2. The van der Waals surface area contributed by atoms with Crippen LogP contribution in [0, 0.1) is 3.57 Å². The van der Waals surface area contributed by atoms with E-state index in [9.17, 15) is 9.59 Å². The van der Waals surface area contributed by atoms with E-state index in [2.05, 4.69) is 5.32 Å². The maximum atomic E-state index is 12.0. The number of anilines is 1. The predicted octanol–water partition coefficient (Wildman–Crippen LogP) is 3.10. The Labute approximate surface area is 153 Å². The zero-order chi connectivity index (χ0) is 17.5. The smallest absolute Gasteiger partial charge is 0.339 e. The zero-order valence-electron chi connectivity index (χ0n) is 13.2. The normalized spacial score (nSPS) is 9.96. The summed E-state index contributed by atoms with van der Waals surface area (Å²) in [5.74, 6) is 0.0870. The fraction of sp³-hybridized carbons (Fsp3) is 0.176. The molecule has 1 amide bonds. The van der Waals surface area contributed by atoms with E-state index in [1.165, 1.54) is 14.2 Å². The molecule has 0 aliphatic carbocycles. The lowest BCUT2D eigenvalue weighted by Gasteiger charge is -2.10. The minimum absolute atomic E-state index is 0.386. The minimum Gasteiger partial charge on any atom is -0.497 e. The lowest BCUT2D eigenvalue weighted by molar-refractivity contribution is -0.119. The number of carbonyl (C=O) groups is 2. The van der Waals surface area contributed by atoms with E-state index in [1.807, 2.05) is 28.7 Å². The van der Waals surface area contributed by atoms with Crippen LogP contribution in [0.1, 0.15) is 10.4 Å². The third-order valence-corrected chi connectivity index (χ3v) is 4.00. The van der Waals surface area contributed by atoms with Crippen molar-refractivity contribution in [3.63, 3.8) is 0 Å². The van der Waals surface area contributed by atoms with Gasteiger partial charge in [-0.05, 0) is 34.7 Å². The Morgan fingerprint density at radius 3 is 2.25 bits per heavy atom. The van der Waals surface area contributed by atoms with Crippen LogP contribution in [0.25, 0.3) is 0 Å². The van der Waals surface area contributed by atoms with E-state index in [1.54, 1.807) is 36.4 Å². The van der Waals surface area contributed by atoms with E-state index in [0.717, 1.165) is 3.57 Å².